The number of carbonyl (C=O) groups is 1. The first-order chi connectivity index (χ1) is 11.7. The molecule has 2 aliphatic rings. The molecule has 4 heteroatoms. The summed E-state index contributed by atoms with van der Waals surface area (Å²) in [4.78, 5) is 17.9. The van der Waals surface area contributed by atoms with Crippen molar-refractivity contribution in [2.45, 2.75) is 43.5 Å². The molecule has 0 spiro atoms. The molecule has 1 amide bonds. The minimum absolute atomic E-state index is 0.142. The van der Waals surface area contributed by atoms with Gasteiger partial charge in [0.15, 0.2) is 0 Å². The summed E-state index contributed by atoms with van der Waals surface area (Å²) in [5, 5.41) is 4.37. The molecule has 0 saturated heterocycles. The third-order valence-electron chi connectivity index (χ3n) is 5.78. The second-order valence-electron chi connectivity index (χ2n) is 7.31. The quantitative estimate of drug-likeness (QED) is 0.827. The number of thioether (sulfide) groups is 1. The molecule has 2 bridgehead atoms. The zero-order chi connectivity index (χ0) is 16.5. The highest BCUT2D eigenvalue weighted by molar-refractivity contribution is 8.00. The van der Waals surface area contributed by atoms with E-state index in [2.05, 4.69) is 29.4 Å². The number of hydrogen-bond acceptors (Lipinski definition) is 3. The summed E-state index contributed by atoms with van der Waals surface area (Å²) in [5.41, 5.74) is 0.985. The predicted molar refractivity (Wildman–Crippen MR) is 99.0 cm³/mol. The zero-order valence-electron chi connectivity index (χ0n) is 14.1. The summed E-state index contributed by atoms with van der Waals surface area (Å²) in [6, 6.07) is 10.4. The molecule has 24 heavy (non-hydrogen) atoms. The molecule has 4 unspecified atom stereocenters. The topological polar surface area (TPSA) is 42.0 Å². The normalized spacial score (nSPS) is 26.6. The molecular weight excluding hydrogens is 316 g/mol. The molecule has 126 valence electrons. The van der Waals surface area contributed by atoms with Crippen LogP contribution in [0.15, 0.2) is 41.4 Å². The van der Waals surface area contributed by atoms with Gasteiger partial charge in [-0.15, -0.1) is 11.8 Å². The van der Waals surface area contributed by atoms with Crippen LogP contribution in [0, 0.1) is 17.8 Å². The van der Waals surface area contributed by atoms with Gasteiger partial charge in [0.1, 0.15) is 0 Å². The number of para-hydroxylation sites is 1. The molecule has 1 aromatic carbocycles. The van der Waals surface area contributed by atoms with E-state index in [0.29, 0.717) is 17.7 Å². The SMILES string of the molecule is CC(NC(=O)CSc1cccc2cccnc12)C1CC2CCC1C2. The van der Waals surface area contributed by atoms with Gasteiger partial charge < -0.3 is 5.32 Å². The Morgan fingerprint density at radius 1 is 1.29 bits per heavy atom. The van der Waals surface area contributed by atoms with E-state index in [9.17, 15) is 4.79 Å². The first-order valence-corrected chi connectivity index (χ1v) is 9.95. The Hall–Kier alpha value is -1.55. The van der Waals surface area contributed by atoms with Gasteiger partial charge in [-0.3, -0.25) is 9.78 Å². The third-order valence-corrected chi connectivity index (χ3v) is 6.83. The van der Waals surface area contributed by atoms with Gasteiger partial charge in [0.25, 0.3) is 0 Å². The number of nitrogens with zero attached hydrogens (tertiary/aromatic N) is 1. The number of amides is 1. The molecule has 4 atom stereocenters. The molecule has 0 aliphatic heterocycles. The summed E-state index contributed by atoms with van der Waals surface area (Å²) in [5.74, 6) is 3.07. The number of rotatable bonds is 5. The Labute approximate surface area is 147 Å². The maximum absolute atomic E-state index is 12.4. The smallest absolute Gasteiger partial charge is 0.230 e. The first-order valence-electron chi connectivity index (χ1n) is 8.96. The summed E-state index contributed by atoms with van der Waals surface area (Å²) < 4.78 is 0. The van der Waals surface area contributed by atoms with Gasteiger partial charge in [-0.05, 0) is 56.1 Å². The molecule has 4 rings (SSSR count). The van der Waals surface area contributed by atoms with E-state index in [0.717, 1.165) is 27.6 Å². The third kappa shape index (κ3) is 3.16. The van der Waals surface area contributed by atoms with Gasteiger partial charge in [-0.1, -0.05) is 24.6 Å². The summed E-state index contributed by atoms with van der Waals surface area (Å²) in [6.45, 7) is 2.19. The predicted octanol–water partition coefficient (Wildman–Crippen LogP) is 4.27. The molecule has 1 N–H and O–H groups in total. The van der Waals surface area contributed by atoms with Gasteiger partial charge in [0.2, 0.25) is 5.91 Å². The Bertz CT molecular complexity index is 742. The maximum atomic E-state index is 12.4. The van der Waals surface area contributed by atoms with Crippen molar-refractivity contribution < 1.29 is 4.79 Å². The molecule has 2 saturated carbocycles. The van der Waals surface area contributed by atoms with Crippen LogP contribution in [0.3, 0.4) is 0 Å². The fourth-order valence-electron chi connectivity index (χ4n) is 4.64. The Kier molecular flexibility index (Phi) is 4.49. The van der Waals surface area contributed by atoms with Crippen LogP contribution in [0.5, 0.6) is 0 Å². The Morgan fingerprint density at radius 2 is 2.17 bits per heavy atom. The van der Waals surface area contributed by atoms with Crippen molar-refractivity contribution in [2.75, 3.05) is 5.75 Å². The van der Waals surface area contributed by atoms with Crippen molar-refractivity contribution in [1.82, 2.24) is 10.3 Å². The lowest BCUT2D eigenvalue weighted by Crippen LogP contribution is -2.40. The van der Waals surface area contributed by atoms with Crippen LogP contribution >= 0.6 is 11.8 Å². The van der Waals surface area contributed by atoms with Crippen LogP contribution in [-0.2, 0) is 4.79 Å². The molecular formula is C20H24N2OS. The van der Waals surface area contributed by atoms with Crippen LogP contribution in [-0.4, -0.2) is 22.7 Å². The van der Waals surface area contributed by atoms with E-state index in [1.54, 1.807) is 11.8 Å². The second kappa shape index (κ2) is 6.75. The maximum Gasteiger partial charge on any atom is 0.230 e. The average Bonchev–Trinajstić information content (AvgIpc) is 3.23. The molecule has 3 nitrogen and oxygen atoms in total. The number of carbonyl (C=O) groups excluding carboxylic acids is 1. The molecule has 1 aromatic heterocycles. The van der Waals surface area contributed by atoms with Crippen LogP contribution < -0.4 is 5.32 Å². The van der Waals surface area contributed by atoms with Gasteiger partial charge in [-0.25, -0.2) is 0 Å². The van der Waals surface area contributed by atoms with E-state index in [-0.39, 0.29) is 5.91 Å². The lowest BCUT2D eigenvalue weighted by atomic mass is 9.84. The Morgan fingerprint density at radius 3 is 2.96 bits per heavy atom. The first kappa shape index (κ1) is 15.9. The van der Waals surface area contributed by atoms with Crippen molar-refractivity contribution >= 4 is 28.6 Å². The van der Waals surface area contributed by atoms with Crippen molar-refractivity contribution in [3.05, 3.63) is 36.5 Å². The van der Waals surface area contributed by atoms with E-state index in [4.69, 9.17) is 0 Å². The van der Waals surface area contributed by atoms with Crippen molar-refractivity contribution in [1.29, 1.82) is 0 Å². The number of hydrogen-bond donors (Lipinski definition) is 1. The highest BCUT2D eigenvalue weighted by Crippen LogP contribution is 2.49. The minimum Gasteiger partial charge on any atom is -0.353 e. The standard InChI is InChI=1S/C20H24N2OS/c1-13(17-11-14-7-8-16(17)10-14)22-19(23)12-24-18-6-2-4-15-5-3-9-21-20(15)18/h2-6,9,13-14,16-17H,7-8,10-12H2,1H3,(H,22,23). The number of benzene rings is 1. The number of pyridine rings is 1. The highest BCUT2D eigenvalue weighted by Gasteiger charge is 2.42. The van der Waals surface area contributed by atoms with E-state index in [1.807, 2.05) is 24.4 Å². The molecule has 1 heterocycles. The zero-order valence-corrected chi connectivity index (χ0v) is 14.9. The van der Waals surface area contributed by atoms with Gasteiger partial charge in [0, 0.05) is 22.5 Å². The Balaban J connectivity index is 1.34. The largest absolute Gasteiger partial charge is 0.353 e. The van der Waals surface area contributed by atoms with Crippen molar-refractivity contribution in [2.24, 2.45) is 17.8 Å². The summed E-state index contributed by atoms with van der Waals surface area (Å²) in [7, 11) is 0. The van der Waals surface area contributed by atoms with E-state index in [1.165, 1.54) is 25.7 Å². The minimum atomic E-state index is 0.142. The summed E-state index contributed by atoms with van der Waals surface area (Å²) >= 11 is 1.58. The molecule has 2 aromatic rings. The van der Waals surface area contributed by atoms with Crippen LogP contribution in [0.2, 0.25) is 0 Å². The fourth-order valence-corrected chi connectivity index (χ4v) is 5.50. The van der Waals surface area contributed by atoms with Gasteiger partial charge in [0.05, 0.1) is 11.3 Å². The lowest BCUT2D eigenvalue weighted by Gasteiger charge is -2.28. The fraction of sp³-hybridized carbons (Fsp3) is 0.500. The average molecular weight is 340 g/mol. The number of aromatic nitrogens is 1. The number of nitrogens with one attached hydrogen (secondary N) is 1. The van der Waals surface area contributed by atoms with E-state index >= 15 is 0 Å². The van der Waals surface area contributed by atoms with Crippen molar-refractivity contribution in [3.63, 3.8) is 0 Å². The van der Waals surface area contributed by atoms with Crippen LogP contribution in [0.4, 0.5) is 0 Å². The van der Waals surface area contributed by atoms with Crippen LogP contribution in [0.1, 0.15) is 32.6 Å². The van der Waals surface area contributed by atoms with Gasteiger partial charge in [-0.2, -0.15) is 0 Å². The molecule has 2 fully saturated rings. The molecule has 0 radical (unpaired) electrons. The lowest BCUT2D eigenvalue weighted by molar-refractivity contribution is -0.119. The van der Waals surface area contributed by atoms with Crippen molar-refractivity contribution in [3.8, 4) is 0 Å². The summed E-state index contributed by atoms with van der Waals surface area (Å²) in [6.07, 6.45) is 7.29. The highest BCUT2D eigenvalue weighted by atomic mass is 32.2. The molecule has 2 aliphatic carbocycles. The van der Waals surface area contributed by atoms with Gasteiger partial charge >= 0.3 is 0 Å². The monoisotopic (exact) mass is 340 g/mol. The van der Waals surface area contributed by atoms with Crippen LogP contribution in [0.25, 0.3) is 10.9 Å². The van der Waals surface area contributed by atoms with E-state index < -0.39 is 0 Å². The number of fused-ring (bicyclic) bond motifs is 3. The second-order valence-corrected chi connectivity index (χ2v) is 8.33.